The third-order valence-corrected chi connectivity index (χ3v) is 6.58. The number of hydrogen-bond acceptors (Lipinski definition) is 6. The minimum absolute atomic E-state index is 0.142. The van der Waals surface area contributed by atoms with E-state index in [-0.39, 0.29) is 23.7 Å². The largest absolute Gasteiger partial charge is 0.496 e. The van der Waals surface area contributed by atoms with E-state index >= 15 is 0 Å². The van der Waals surface area contributed by atoms with Crippen LogP contribution in [-0.4, -0.2) is 54.7 Å². The molecule has 0 aromatic heterocycles. The van der Waals surface area contributed by atoms with Gasteiger partial charge in [-0.3, -0.25) is 14.4 Å². The Labute approximate surface area is 212 Å². The normalized spacial score (nSPS) is 19.6. The Bertz CT molecular complexity index is 1070. The molecule has 4 N–H and O–H groups in total. The van der Waals surface area contributed by atoms with Crippen molar-refractivity contribution in [2.45, 2.75) is 71.1 Å². The maximum absolute atomic E-state index is 13.4. The van der Waals surface area contributed by atoms with Crippen molar-refractivity contribution in [2.24, 2.45) is 11.3 Å². The first-order valence-corrected chi connectivity index (χ1v) is 12.4. The van der Waals surface area contributed by atoms with E-state index in [1.807, 2.05) is 39.0 Å². The number of benzene rings is 1. The van der Waals surface area contributed by atoms with Crippen molar-refractivity contribution >= 4 is 23.8 Å². The molecule has 1 aliphatic heterocycles. The van der Waals surface area contributed by atoms with Crippen molar-refractivity contribution in [2.75, 3.05) is 13.7 Å². The van der Waals surface area contributed by atoms with Crippen LogP contribution < -0.4 is 20.7 Å². The number of nitrogens with one attached hydrogen (secondary N) is 3. The molecule has 194 valence electrons. The molecule has 1 aromatic carbocycles. The van der Waals surface area contributed by atoms with E-state index in [1.165, 1.54) is 0 Å². The van der Waals surface area contributed by atoms with Crippen LogP contribution >= 0.6 is 0 Å². The highest BCUT2D eigenvalue weighted by molar-refractivity contribution is 6.02. The molecule has 1 unspecified atom stereocenters. The summed E-state index contributed by atoms with van der Waals surface area (Å²) in [5, 5.41) is 28.0. The maximum atomic E-state index is 13.4. The lowest BCUT2D eigenvalue weighted by atomic mass is 9.86. The lowest BCUT2D eigenvalue weighted by Gasteiger charge is -2.31. The van der Waals surface area contributed by atoms with E-state index in [4.69, 9.17) is 4.74 Å². The number of methoxy groups -OCH3 is 1. The highest BCUT2D eigenvalue weighted by Crippen LogP contribution is 2.32. The van der Waals surface area contributed by atoms with Crippen LogP contribution in [0, 0.1) is 22.7 Å². The molecule has 3 rings (SSSR count). The van der Waals surface area contributed by atoms with E-state index in [1.54, 1.807) is 19.3 Å². The van der Waals surface area contributed by atoms with Gasteiger partial charge < -0.3 is 25.8 Å². The predicted octanol–water partition coefficient (Wildman–Crippen LogP) is 1.84. The number of rotatable bonds is 9. The standard InChI is InChI=1S/C27H36N4O5/c1-27(2,3)14-21(31-25(34)18-11-16-7-5-9-23(36-4)19(16)12-18)26(35)30-20(22(32)15-28)13-17-8-6-10-29-24(17)33/h5,7,9,12,17,20-22,32H,6,8,10-11,13-14H2,1-4H3,(H,29,33)(H,30,35)(H,31,34)/t17-,20-,21-,22?/m0/s1. The van der Waals surface area contributed by atoms with Crippen LogP contribution in [-0.2, 0) is 20.8 Å². The van der Waals surface area contributed by atoms with Crippen molar-refractivity contribution in [3.05, 3.63) is 34.9 Å². The molecular weight excluding hydrogens is 460 g/mol. The molecule has 0 bridgehead atoms. The lowest BCUT2D eigenvalue weighted by Crippen LogP contribution is -2.54. The third kappa shape index (κ3) is 6.85. The summed E-state index contributed by atoms with van der Waals surface area (Å²) in [6.45, 7) is 6.48. The first kappa shape index (κ1) is 27.2. The van der Waals surface area contributed by atoms with Crippen LogP contribution in [0.5, 0.6) is 5.75 Å². The molecule has 2 aliphatic rings. The molecule has 9 heteroatoms. The zero-order chi connectivity index (χ0) is 26.5. The van der Waals surface area contributed by atoms with Crippen molar-refractivity contribution in [1.29, 1.82) is 5.26 Å². The first-order valence-electron chi connectivity index (χ1n) is 12.4. The molecular formula is C27H36N4O5. The number of ether oxygens (including phenoxy) is 1. The van der Waals surface area contributed by atoms with Crippen molar-refractivity contribution in [3.63, 3.8) is 0 Å². The third-order valence-electron chi connectivity index (χ3n) is 6.58. The Hall–Kier alpha value is -3.38. The van der Waals surface area contributed by atoms with E-state index in [9.17, 15) is 24.8 Å². The van der Waals surface area contributed by atoms with E-state index in [0.29, 0.717) is 37.1 Å². The number of nitrogens with zero attached hydrogens (tertiary/aromatic N) is 1. The molecule has 9 nitrogen and oxygen atoms in total. The van der Waals surface area contributed by atoms with Crippen LogP contribution in [0.15, 0.2) is 23.8 Å². The van der Waals surface area contributed by atoms with Gasteiger partial charge in [0.2, 0.25) is 17.7 Å². The summed E-state index contributed by atoms with van der Waals surface area (Å²) in [5.74, 6) is -0.725. The molecule has 1 heterocycles. The number of carbonyl (C=O) groups is 3. The topological polar surface area (TPSA) is 141 Å². The molecule has 1 aliphatic carbocycles. The second-order valence-electron chi connectivity index (χ2n) is 10.7. The van der Waals surface area contributed by atoms with E-state index in [0.717, 1.165) is 17.5 Å². The predicted molar refractivity (Wildman–Crippen MR) is 135 cm³/mol. The number of fused-ring (bicyclic) bond motifs is 1. The van der Waals surface area contributed by atoms with Gasteiger partial charge in [0.1, 0.15) is 11.8 Å². The summed E-state index contributed by atoms with van der Waals surface area (Å²) >= 11 is 0. The summed E-state index contributed by atoms with van der Waals surface area (Å²) < 4.78 is 5.40. The fourth-order valence-corrected chi connectivity index (χ4v) is 4.74. The van der Waals surface area contributed by atoms with Gasteiger partial charge in [-0.2, -0.15) is 5.26 Å². The summed E-state index contributed by atoms with van der Waals surface area (Å²) in [6.07, 6.45) is 2.63. The molecule has 1 aromatic rings. The highest BCUT2D eigenvalue weighted by atomic mass is 16.5. The Kier molecular flexibility index (Phi) is 8.75. The smallest absolute Gasteiger partial charge is 0.248 e. The van der Waals surface area contributed by atoms with Gasteiger partial charge in [-0.15, -0.1) is 0 Å². The number of aliphatic hydroxyl groups excluding tert-OH is 1. The number of amides is 3. The minimum atomic E-state index is -1.48. The highest BCUT2D eigenvalue weighted by Gasteiger charge is 2.34. The van der Waals surface area contributed by atoms with Crippen LogP contribution in [0.25, 0.3) is 6.08 Å². The minimum Gasteiger partial charge on any atom is -0.496 e. The van der Waals surface area contributed by atoms with E-state index < -0.39 is 30.0 Å². The average Bonchev–Trinajstić information content (AvgIpc) is 3.28. The molecule has 0 radical (unpaired) electrons. The summed E-state index contributed by atoms with van der Waals surface area (Å²) in [5.41, 5.74) is 2.05. The SMILES string of the molecule is COc1cccc2c1C=C(C(=O)N[C@@H](CC(C)(C)C)C(=O)N[C@@H](C[C@@H]1CCCNC1=O)C(O)C#N)C2. The van der Waals surface area contributed by atoms with Crippen LogP contribution in [0.2, 0.25) is 0 Å². The van der Waals surface area contributed by atoms with E-state index in [2.05, 4.69) is 16.0 Å². The summed E-state index contributed by atoms with van der Waals surface area (Å²) in [4.78, 5) is 38.8. The number of carbonyl (C=O) groups excluding carboxylic acids is 3. The quantitative estimate of drug-likeness (QED) is 0.385. The monoisotopic (exact) mass is 496 g/mol. The zero-order valence-corrected chi connectivity index (χ0v) is 21.4. The summed E-state index contributed by atoms with van der Waals surface area (Å²) in [7, 11) is 1.58. The number of hydrogen-bond donors (Lipinski definition) is 4. The molecule has 36 heavy (non-hydrogen) atoms. The van der Waals surface area contributed by atoms with Gasteiger partial charge in [-0.05, 0) is 48.8 Å². The van der Waals surface area contributed by atoms with Crippen LogP contribution in [0.1, 0.15) is 57.6 Å². The van der Waals surface area contributed by atoms with Gasteiger partial charge in [0, 0.05) is 30.0 Å². The van der Waals surface area contributed by atoms with Gasteiger partial charge >= 0.3 is 0 Å². The van der Waals surface area contributed by atoms with Crippen LogP contribution in [0.3, 0.4) is 0 Å². The summed E-state index contributed by atoms with van der Waals surface area (Å²) in [6, 6.07) is 5.58. The van der Waals surface area contributed by atoms with Crippen molar-refractivity contribution < 1.29 is 24.2 Å². The van der Waals surface area contributed by atoms with Crippen molar-refractivity contribution in [3.8, 4) is 11.8 Å². The number of nitriles is 1. The second-order valence-corrected chi connectivity index (χ2v) is 10.7. The van der Waals surface area contributed by atoms with Gasteiger partial charge in [0.05, 0.1) is 19.2 Å². The lowest BCUT2D eigenvalue weighted by molar-refractivity contribution is -0.130. The molecule has 0 spiro atoms. The second kappa shape index (κ2) is 11.6. The number of piperidine rings is 1. The Morgan fingerprint density at radius 2 is 2.06 bits per heavy atom. The fourth-order valence-electron chi connectivity index (χ4n) is 4.74. The average molecular weight is 497 g/mol. The first-order chi connectivity index (χ1) is 17.0. The maximum Gasteiger partial charge on any atom is 0.248 e. The molecule has 4 atom stereocenters. The van der Waals surface area contributed by atoms with Gasteiger partial charge in [0.25, 0.3) is 0 Å². The molecule has 1 fully saturated rings. The van der Waals surface area contributed by atoms with Crippen molar-refractivity contribution in [1.82, 2.24) is 16.0 Å². The van der Waals surface area contributed by atoms with Gasteiger partial charge in [-0.1, -0.05) is 32.9 Å². The molecule has 1 saturated heterocycles. The molecule has 3 amide bonds. The molecule has 0 saturated carbocycles. The van der Waals surface area contributed by atoms with Crippen LogP contribution in [0.4, 0.5) is 0 Å². The van der Waals surface area contributed by atoms with Gasteiger partial charge in [0.15, 0.2) is 6.10 Å². The van der Waals surface area contributed by atoms with Gasteiger partial charge in [-0.25, -0.2) is 0 Å². The number of aliphatic hydroxyl groups is 1. The Morgan fingerprint density at radius 1 is 1.31 bits per heavy atom. The fraction of sp³-hybridized carbons (Fsp3) is 0.556. The Balaban J connectivity index is 1.75. The zero-order valence-electron chi connectivity index (χ0n) is 21.4. The Morgan fingerprint density at radius 3 is 2.69 bits per heavy atom.